The minimum atomic E-state index is -0.201. The van der Waals surface area contributed by atoms with E-state index in [-0.39, 0.29) is 12.5 Å². The van der Waals surface area contributed by atoms with E-state index in [1.165, 1.54) is 0 Å². The van der Waals surface area contributed by atoms with Crippen LogP contribution < -0.4 is 10.1 Å². The van der Waals surface area contributed by atoms with Crippen LogP contribution in [0.2, 0.25) is 5.02 Å². The smallest absolute Gasteiger partial charge is 0.262 e. The molecule has 0 saturated carbocycles. The van der Waals surface area contributed by atoms with Gasteiger partial charge < -0.3 is 10.1 Å². The predicted molar refractivity (Wildman–Crippen MR) is 97.8 cm³/mol. The van der Waals surface area contributed by atoms with Crippen LogP contribution in [-0.2, 0) is 4.79 Å². The van der Waals surface area contributed by atoms with Gasteiger partial charge in [0.05, 0.1) is 5.69 Å². The summed E-state index contributed by atoms with van der Waals surface area (Å²) >= 11 is 5.82. The molecule has 1 N–H and O–H groups in total. The fourth-order valence-electron chi connectivity index (χ4n) is 2.81. The van der Waals surface area contributed by atoms with Crippen LogP contribution in [0.25, 0.3) is 0 Å². The summed E-state index contributed by atoms with van der Waals surface area (Å²) in [5.41, 5.74) is 4.06. The number of nitrogens with zero attached hydrogens (tertiary/aromatic N) is 1. The zero-order chi connectivity index (χ0) is 17.1. The minimum Gasteiger partial charge on any atom is -0.484 e. The molecular weight excluding hydrogens is 324 g/mol. The van der Waals surface area contributed by atoms with Gasteiger partial charge in [-0.15, -0.1) is 0 Å². The molecule has 1 aliphatic heterocycles. The van der Waals surface area contributed by atoms with Crippen molar-refractivity contribution in [2.24, 2.45) is 4.99 Å². The van der Waals surface area contributed by atoms with E-state index in [1.807, 2.05) is 25.1 Å². The Balaban J connectivity index is 1.62. The van der Waals surface area contributed by atoms with Gasteiger partial charge >= 0.3 is 0 Å². The molecule has 2 aromatic rings. The normalized spacial score (nSPS) is 16.1. The Morgan fingerprint density at radius 3 is 2.79 bits per heavy atom. The first-order valence-electron chi connectivity index (χ1n) is 7.87. The summed E-state index contributed by atoms with van der Waals surface area (Å²) in [4.78, 5) is 16.6. The highest BCUT2D eigenvalue weighted by atomic mass is 35.5. The summed E-state index contributed by atoms with van der Waals surface area (Å²) < 4.78 is 5.45. The van der Waals surface area contributed by atoms with Crippen molar-refractivity contribution >= 4 is 34.6 Å². The van der Waals surface area contributed by atoms with Crippen LogP contribution in [0, 0.1) is 0 Å². The van der Waals surface area contributed by atoms with Crippen molar-refractivity contribution < 1.29 is 9.53 Å². The van der Waals surface area contributed by atoms with Gasteiger partial charge in [-0.3, -0.25) is 9.79 Å². The van der Waals surface area contributed by atoms with Crippen molar-refractivity contribution in [2.45, 2.75) is 26.2 Å². The summed E-state index contributed by atoms with van der Waals surface area (Å²) in [6.45, 7) is 4.17. The number of carbonyl (C=O) groups is 1. The highest BCUT2D eigenvalue weighted by Gasteiger charge is 2.17. The van der Waals surface area contributed by atoms with Gasteiger partial charge in [-0.2, -0.15) is 0 Å². The molecule has 2 aromatic carbocycles. The van der Waals surface area contributed by atoms with Gasteiger partial charge in [0.25, 0.3) is 5.91 Å². The van der Waals surface area contributed by atoms with Crippen molar-refractivity contribution in [3.8, 4) is 5.75 Å². The monoisotopic (exact) mass is 342 g/mol. The number of halogens is 1. The fourth-order valence-corrected chi connectivity index (χ4v) is 2.94. The number of benzene rings is 2. The van der Waals surface area contributed by atoms with E-state index in [0.717, 1.165) is 29.1 Å². The van der Waals surface area contributed by atoms with Gasteiger partial charge in [-0.05, 0) is 67.3 Å². The van der Waals surface area contributed by atoms with Crippen LogP contribution >= 0.6 is 11.6 Å². The van der Waals surface area contributed by atoms with Gasteiger partial charge in [0.2, 0.25) is 0 Å². The zero-order valence-corrected chi connectivity index (χ0v) is 14.4. The molecule has 1 unspecified atom stereocenters. The van der Waals surface area contributed by atoms with E-state index >= 15 is 0 Å². The molecule has 1 amide bonds. The number of hydrogen-bond acceptors (Lipinski definition) is 3. The average molecular weight is 343 g/mol. The Kier molecular flexibility index (Phi) is 4.86. The van der Waals surface area contributed by atoms with Crippen LogP contribution in [0.3, 0.4) is 0 Å². The van der Waals surface area contributed by atoms with E-state index < -0.39 is 0 Å². The topological polar surface area (TPSA) is 50.7 Å². The second-order valence-corrected chi connectivity index (χ2v) is 6.45. The quantitative estimate of drug-likeness (QED) is 0.854. The number of carbonyl (C=O) groups excluding carboxylic acids is 1. The standard InChI is InChI=1S/C19H19ClN2O2/c1-12-9-13(2)21-18-8-5-15(10-17(12)18)22-19(23)11-24-16-6-3-14(20)4-7-16/h3-8,10,12H,9,11H2,1-2H3,(H,22,23). The first kappa shape index (κ1) is 16.5. The first-order chi connectivity index (χ1) is 11.5. The Morgan fingerprint density at radius 1 is 1.29 bits per heavy atom. The van der Waals surface area contributed by atoms with Gasteiger partial charge in [-0.1, -0.05) is 18.5 Å². The van der Waals surface area contributed by atoms with Crippen molar-refractivity contribution in [2.75, 3.05) is 11.9 Å². The highest BCUT2D eigenvalue weighted by Crippen LogP contribution is 2.35. The molecule has 4 nitrogen and oxygen atoms in total. The maximum absolute atomic E-state index is 12.1. The molecule has 0 aromatic heterocycles. The zero-order valence-electron chi connectivity index (χ0n) is 13.7. The number of ether oxygens (including phenoxy) is 1. The molecular formula is C19H19ClN2O2. The second-order valence-electron chi connectivity index (χ2n) is 6.02. The predicted octanol–water partition coefficient (Wildman–Crippen LogP) is 4.96. The maximum atomic E-state index is 12.1. The fraction of sp³-hybridized carbons (Fsp3) is 0.263. The Morgan fingerprint density at radius 2 is 2.04 bits per heavy atom. The van der Waals surface area contributed by atoms with Crippen LogP contribution in [-0.4, -0.2) is 18.2 Å². The van der Waals surface area contributed by atoms with Crippen LogP contribution in [0.4, 0.5) is 11.4 Å². The SMILES string of the molecule is CC1=Nc2ccc(NC(=O)COc3ccc(Cl)cc3)cc2C(C)C1. The third-order valence-corrected chi connectivity index (χ3v) is 4.19. The lowest BCUT2D eigenvalue weighted by Gasteiger charge is -2.21. The third kappa shape index (κ3) is 3.95. The summed E-state index contributed by atoms with van der Waals surface area (Å²) in [7, 11) is 0. The lowest BCUT2D eigenvalue weighted by Crippen LogP contribution is -2.20. The Bertz CT molecular complexity index is 784. The molecule has 0 radical (unpaired) electrons. The summed E-state index contributed by atoms with van der Waals surface area (Å²) in [5, 5.41) is 3.50. The number of hydrogen-bond donors (Lipinski definition) is 1. The van der Waals surface area contributed by atoms with E-state index in [9.17, 15) is 4.79 Å². The lowest BCUT2D eigenvalue weighted by atomic mass is 9.91. The van der Waals surface area contributed by atoms with Crippen LogP contribution in [0.5, 0.6) is 5.75 Å². The summed E-state index contributed by atoms with van der Waals surface area (Å²) in [6, 6.07) is 12.7. The number of amides is 1. The summed E-state index contributed by atoms with van der Waals surface area (Å²) in [5.74, 6) is 0.811. The number of rotatable bonds is 4. The number of fused-ring (bicyclic) bond motifs is 1. The Hall–Kier alpha value is -2.33. The molecule has 0 spiro atoms. The largest absolute Gasteiger partial charge is 0.484 e. The van der Waals surface area contributed by atoms with Gasteiger partial charge in [0, 0.05) is 16.4 Å². The van der Waals surface area contributed by atoms with E-state index in [2.05, 4.69) is 17.2 Å². The molecule has 1 atom stereocenters. The van der Waals surface area contributed by atoms with E-state index in [0.29, 0.717) is 16.7 Å². The first-order valence-corrected chi connectivity index (χ1v) is 8.25. The highest BCUT2D eigenvalue weighted by molar-refractivity contribution is 6.30. The molecule has 1 aliphatic rings. The molecule has 3 rings (SSSR count). The van der Waals surface area contributed by atoms with E-state index in [4.69, 9.17) is 16.3 Å². The Labute approximate surface area is 146 Å². The lowest BCUT2D eigenvalue weighted by molar-refractivity contribution is -0.118. The molecule has 24 heavy (non-hydrogen) atoms. The van der Waals surface area contributed by atoms with Crippen molar-refractivity contribution in [1.82, 2.24) is 0 Å². The summed E-state index contributed by atoms with van der Waals surface area (Å²) in [6.07, 6.45) is 0.948. The molecule has 1 heterocycles. The molecule has 0 aliphatic carbocycles. The number of anilines is 1. The van der Waals surface area contributed by atoms with Gasteiger partial charge in [0.1, 0.15) is 5.75 Å². The third-order valence-electron chi connectivity index (χ3n) is 3.94. The number of aliphatic imine (C=N–C) groups is 1. The van der Waals surface area contributed by atoms with Crippen molar-refractivity contribution in [3.63, 3.8) is 0 Å². The number of nitrogens with one attached hydrogen (secondary N) is 1. The van der Waals surface area contributed by atoms with Crippen LogP contribution in [0.1, 0.15) is 31.7 Å². The van der Waals surface area contributed by atoms with Gasteiger partial charge in [0.15, 0.2) is 6.61 Å². The van der Waals surface area contributed by atoms with Gasteiger partial charge in [-0.25, -0.2) is 0 Å². The maximum Gasteiger partial charge on any atom is 0.262 e. The van der Waals surface area contributed by atoms with Crippen LogP contribution in [0.15, 0.2) is 47.5 Å². The minimum absolute atomic E-state index is 0.0501. The molecule has 0 bridgehead atoms. The molecule has 0 fully saturated rings. The molecule has 0 saturated heterocycles. The average Bonchev–Trinajstić information content (AvgIpc) is 2.55. The second kappa shape index (κ2) is 7.05. The van der Waals surface area contributed by atoms with Crippen molar-refractivity contribution in [3.05, 3.63) is 53.1 Å². The molecule has 5 heteroatoms. The molecule has 124 valence electrons. The van der Waals surface area contributed by atoms with Crippen molar-refractivity contribution in [1.29, 1.82) is 0 Å². The van der Waals surface area contributed by atoms with E-state index in [1.54, 1.807) is 24.3 Å².